The zero-order valence-corrected chi connectivity index (χ0v) is 13.3. The number of nitrogens with zero attached hydrogens (tertiary/aromatic N) is 2. The van der Waals surface area contributed by atoms with E-state index in [1.165, 1.54) is 0 Å². The first-order valence-corrected chi connectivity index (χ1v) is 7.87. The summed E-state index contributed by atoms with van der Waals surface area (Å²) >= 11 is 0. The molecule has 0 atom stereocenters. The van der Waals surface area contributed by atoms with Crippen LogP contribution >= 0.6 is 0 Å². The van der Waals surface area contributed by atoms with Crippen LogP contribution in [-0.4, -0.2) is 9.55 Å². The number of aromatic nitrogens is 2. The fourth-order valence-electron chi connectivity index (χ4n) is 3.00. The number of hydrogen-bond donors (Lipinski definition) is 0. The van der Waals surface area contributed by atoms with Crippen molar-refractivity contribution in [1.29, 1.82) is 0 Å². The van der Waals surface area contributed by atoms with Crippen LogP contribution in [0.3, 0.4) is 0 Å². The van der Waals surface area contributed by atoms with Crippen molar-refractivity contribution >= 4 is 10.9 Å². The Bertz CT molecular complexity index is 1080. The van der Waals surface area contributed by atoms with E-state index in [2.05, 4.69) is 4.98 Å². The molecule has 0 fully saturated rings. The van der Waals surface area contributed by atoms with E-state index in [0.29, 0.717) is 0 Å². The van der Waals surface area contributed by atoms with Gasteiger partial charge in [-0.2, -0.15) is 0 Å². The molecule has 24 heavy (non-hydrogen) atoms. The van der Waals surface area contributed by atoms with Crippen LogP contribution in [0.15, 0.2) is 83.9 Å². The molecular formula is C21H16N2O. The maximum atomic E-state index is 13.1. The van der Waals surface area contributed by atoms with Crippen molar-refractivity contribution in [3.8, 4) is 16.8 Å². The van der Waals surface area contributed by atoms with E-state index in [1.807, 2.05) is 79.9 Å². The van der Waals surface area contributed by atoms with Crippen LogP contribution in [0, 0.1) is 6.92 Å². The van der Waals surface area contributed by atoms with Gasteiger partial charge in [-0.05, 0) is 54.4 Å². The lowest BCUT2D eigenvalue weighted by Gasteiger charge is -2.11. The van der Waals surface area contributed by atoms with Crippen molar-refractivity contribution in [3.05, 3.63) is 95.0 Å². The van der Waals surface area contributed by atoms with Gasteiger partial charge < -0.3 is 0 Å². The average Bonchev–Trinajstić information content (AvgIpc) is 2.62. The molecule has 0 aliphatic carbocycles. The van der Waals surface area contributed by atoms with Crippen molar-refractivity contribution in [2.45, 2.75) is 6.92 Å². The van der Waals surface area contributed by atoms with Gasteiger partial charge in [-0.3, -0.25) is 14.3 Å². The molecule has 0 saturated heterocycles. The molecule has 116 valence electrons. The number of aryl methyl sites for hydroxylation is 1. The number of pyridine rings is 2. The minimum atomic E-state index is -0.00978. The van der Waals surface area contributed by atoms with Gasteiger partial charge in [0.15, 0.2) is 0 Å². The van der Waals surface area contributed by atoms with Crippen LogP contribution in [-0.2, 0) is 0 Å². The Labute approximate surface area is 139 Å². The van der Waals surface area contributed by atoms with Crippen molar-refractivity contribution in [2.75, 3.05) is 0 Å². The number of benzene rings is 2. The van der Waals surface area contributed by atoms with E-state index >= 15 is 0 Å². The lowest BCUT2D eigenvalue weighted by molar-refractivity contribution is 0.986. The molecule has 0 radical (unpaired) electrons. The molecule has 2 heterocycles. The zero-order chi connectivity index (χ0) is 16.5. The normalized spacial score (nSPS) is 10.9. The highest BCUT2D eigenvalue weighted by molar-refractivity contribution is 5.84. The molecule has 0 saturated carbocycles. The van der Waals surface area contributed by atoms with E-state index in [4.69, 9.17) is 0 Å². The van der Waals surface area contributed by atoms with Crippen molar-refractivity contribution in [3.63, 3.8) is 0 Å². The summed E-state index contributed by atoms with van der Waals surface area (Å²) in [6.07, 6.45) is 3.61. The molecule has 0 amide bonds. The summed E-state index contributed by atoms with van der Waals surface area (Å²) in [6, 6.07) is 21.5. The van der Waals surface area contributed by atoms with Gasteiger partial charge in [0.05, 0.1) is 11.1 Å². The second-order valence-electron chi connectivity index (χ2n) is 5.80. The number of hydrogen-bond acceptors (Lipinski definition) is 2. The molecule has 0 aliphatic heterocycles. The molecule has 4 aromatic rings. The van der Waals surface area contributed by atoms with E-state index in [0.717, 1.165) is 33.3 Å². The molecular weight excluding hydrogens is 296 g/mol. The van der Waals surface area contributed by atoms with Crippen LogP contribution in [0.1, 0.15) is 5.56 Å². The van der Waals surface area contributed by atoms with Crippen LogP contribution in [0.25, 0.3) is 27.7 Å². The maximum Gasteiger partial charge on any atom is 0.263 e. The summed E-state index contributed by atoms with van der Waals surface area (Å²) in [5, 5.41) is 1.03. The van der Waals surface area contributed by atoms with E-state index in [1.54, 1.807) is 10.8 Å². The van der Waals surface area contributed by atoms with Gasteiger partial charge in [0.25, 0.3) is 5.56 Å². The van der Waals surface area contributed by atoms with Crippen molar-refractivity contribution < 1.29 is 0 Å². The van der Waals surface area contributed by atoms with E-state index in [-0.39, 0.29) is 5.56 Å². The Morgan fingerprint density at radius 2 is 1.75 bits per heavy atom. The monoisotopic (exact) mass is 312 g/mol. The third-order valence-electron chi connectivity index (χ3n) is 4.23. The quantitative estimate of drug-likeness (QED) is 0.551. The third-order valence-corrected chi connectivity index (χ3v) is 4.23. The molecule has 2 aromatic carbocycles. The van der Waals surface area contributed by atoms with Gasteiger partial charge in [0.2, 0.25) is 0 Å². The topological polar surface area (TPSA) is 34.9 Å². The molecule has 3 heteroatoms. The van der Waals surface area contributed by atoms with Crippen LogP contribution < -0.4 is 5.56 Å². The summed E-state index contributed by atoms with van der Waals surface area (Å²) in [6.45, 7) is 1.97. The first kappa shape index (κ1) is 14.4. The molecule has 3 nitrogen and oxygen atoms in total. The number of fused-ring (bicyclic) bond motifs is 1. The predicted octanol–water partition coefficient (Wildman–Crippen LogP) is 4.36. The van der Waals surface area contributed by atoms with Crippen LogP contribution in [0.2, 0.25) is 0 Å². The summed E-state index contributed by atoms with van der Waals surface area (Å²) in [5.74, 6) is 0. The van der Waals surface area contributed by atoms with E-state index < -0.39 is 0 Å². The average molecular weight is 312 g/mol. The highest BCUT2D eigenvalue weighted by Gasteiger charge is 2.11. The summed E-state index contributed by atoms with van der Waals surface area (Å²) in [4.78, 5) is 17.4. The number of rotatable bonds is 2. The predicted molar refractivity (Wildman–Crippen MR) is 97.5 cm³/mol. The first-order valence-electron chi connectivity index (χ1n) is 7.87. The van der Waals surface area contributed by atoms with Crippen LogP contribution in [0.5, 0.6) is 0 Å². The van der Waals surface area contributed by atoms with Crippen molar-refractivity contribution in [2.24, 2.45) is 0 Å². The molecule has 0 aliphatic rings. The Morgan fingerprint density at radius 1 is 0.917 bits per heavy atom. The minimum absolute atomic E-state index is 0.00978. The Hall–Kier alpha value is -3.20. The maximum absolute atomic E-state index is 13.1. The third kappa shape index (κ3) is 2.40. The molecule has 2 aromatic heterocycles. The standard InChI is InChI=1S/C21H16N2O/c1-15-11-13-23(18-7-3-2-4-8-18)21(24)20(15)17-9-10-19-16(14-17)6-5-12-22-19/h2-14H,1H3. The zero-order valence-electron chi connectivity index (χ0n) is 13.3. The minimum Gasteiger partial charge on any atom is -0.284 e. The Morgan fingerprint density at radius 3 is 2.58 bits per heavy atom. The van der Waals surface area contributed by atoms with Gasteiger partial charge in [0, 0.05) is 23.5 Å². The molecule has 4 rings (SSSR count). The second kappa shape index (κ2) is 5.78. The highest BCUT2D eigenvalue weighted by atomic mass is 16.1. The molecule has 0 spiro atoms. The lowest BCUT2D eigenvalue weighted by Crippen LogP contribution is -2.20. The SMILES string of the molecule is Cc1ccn(-c2ccccc2)c(=O)c1-c1ccc2ncccc2c1. The Kier molecular flexibility index (Phi) is 3.47. The number of para-hydroxylation sites is 1. The highest BCUT2D eigenvalue weighted by Crippen LogP contribution is 2.24. The van der Waals surface area contributed by atoms with Gasteiger partial charge in [-0.15, -0.1) is 0 Å². The van der Waals surface area contributed by atoms with Gasteiger partial charge in [-0.25, -0.2) is 0 Å². The van der Waals surface area contributed by atoms with Gasteiger partial charge in [-0.1, -0.05) is 30.3 Å². The Balaban J connectivity index is 1.95. The fourth-order valence-corrected chi connectivity index (χ4v) is 3.00. The molecule has 0 N–H and O–H groups in total. The van der Waals surface area contributed by atoms with E-state index in [9.17, 15) is 4.79 Å². The molecule has 0 bridgehead atoms. The fraction of sp³-hybridized carbons (Fsp3) is 0.0476. The summed E-state index contributed by atoms with van der Waals surface area (Å²) in [7, 11) is 0. The smallest absolute Gasteiger partial charge is 0.263 e. The summed E-state index contributed by atoms with van der Waals surface area (Å²) in [5.41, 5.74) is 4.40. The largest absolute Gasteiger partial charge is 0.284 e. The molecule has 0 unspecified atom stereocenters. The second-order valence-corrected chi connectivity index (χ2v) is 5.80. The van der Waals surface area contributed by atoms with Gasteiger partial charge in [0.1, 0.15) is 0 Å². The summed E-state index contributed by atoms with van der Waals surface area (Å²) < 4.78 is 1.69. The lowest BCUT2D eigenvalue weighted by atomic mass is 10.0. The first-order chi connectivity index (χ1) is 11.7. The van der Waals surface area contributed by atoms with Crippen LogP contribution in [0.4, 0.5) is 0 Å². The van der Waals surface area contributed by atoms with Crippen molar-refractivity contribution in [1.82, 2.24) is 9.55 Å². The van der Waals surface area contributed by atoms with Gasteiger partial charge >= 0.3 is 0 Å².